The second-order valence-electron chi connectivity index (χ2n) is 17.9. The van der Waals surface area contributed by atoms with E-state index in [0.717, 1.165) is 0 Å². The zero-order valence-electron chi connectivity index (χ0n) is 32.1. The van der Waals surface area contributed by atoms with Gasteiger partial charge >= 0.3 is 0 Å². The minimum Gasteiger partial charge on any atom is -0.344 e. The average Bonchev–Trinajstić information content (AvgIpc) is 3.44. The molecular weight excluding hydrogens is 651 g/mol. The summed E-state index contributed by atoms with van der Waals surface area (Å²) in [6, 6.07) is 51.6. The van der Waals surface area contributed by atoms with Gasteiger partial charge in [0, 0.05) is 28.9 Å². The van der Waals surface area contributed by atoms with Crippen molar-refractivity contribution in [2.24, 2.45) is 7.05 Å². The van der Waals surface area contributed by atoms with Gasteiger partial charge in [-0.05, 0) is 121 Å². The topological polar surface area (TPSA) is 4.93 Å². The van der Waals surface area contributed by atoms with Crippen molar-refractivity contribution in [1.29, 1.82) is 0 Å². The summed E-state index contributed by atoms with van der Waals surface area (Å²) in [5.74, 6) is 0. The first-order valence-electron chi connectivity index (χ1n) is 19.4. The molecule has 1 aromatic heterocycles. The predicted octanol–water partition coefficient (Wildman–Crippen LogP) is 15.1. The van der Waals surface area contributed by atoms with Crippen LogP contribution in [0.2, 0.25) is 0 Å². The van der Waals surface area contributed by atoms with E-state index in [1.54, 1.807) is 0 Å². The molecule has 0 radical (unpaired) electrons. The van der Waals surface area contributed by atoms with Crippen molar-refractivity contribution in [2.75, 3.05) is 0 Å². The van der Waals surface area contributed by atoms with Crippen LogP contribution < -0.4 is 0 Å². The van der Waals surface area contributed by atoms with E-state index in [4.69, 9.17) is 0 Å². The first-order chi connectivity index (χ1) is 25.9. The van der Waals surface area contributed by atoms with Crippen LogP contribution in [0.5, 0.6) is 0 Å². The quantitative estimate of drug-likeness (QED) is 0.159. The number of fused-ring (bicyclic) bond motifs is 3. The van der Waals surface area contributed by atoms with Crippen molar-refractivity contribution in [3.63, 3.8) is 0 Å². The summed E-state index contributed by atoms with van der Waals surface area (Å²) in [6.07, 6.45) is 0. The van der Waals surface area contributed by atoms with Crippen LogP contribution in [0.25, 0.3) is 109 Å². The van der Waals surface area contributed by atoms with Crippen molar-refractivity contribution >= 4 is 86.4 Å². The Morgan fingerprint density at radius 1 is 0.333 bits per heavy atom. The van der Waals surface area contributed by atoms with Gasteiger partial charge in [0.05, 0.1) is 0 Å². The van der Waals surface area contributed by atoms with Gasteiger partial charge in [-0.2, -0.15) is 0 Å². The van der Waals surface area contributed by atoms with Crippen molar-refractivity contribution in [3.05, 3.63) is 145 Å². The smallest absolute Gasteiger partial charge is 0.0494 e. The second-order valence-corrected chi connectivity index (χ2v) is 17.9. The number of aromatic nitrogens is 1. The first kappa shape index (κ1) is 31.6. The molecule has 0 saturated carbocycles. The molecule has 0 spiro atoms. The molecule has 0 fully saturated rings. The fraction of sp³-hybridized carbons (Fsp3) is 0.170. The predicted molar refractivity (Wildman–Crippen MR) is 236 cm³/mol. The van der Waals surface area contributed by atoms with Gasteiger partial charge in [0.1, 0.15) is 0 Å². The van der Waals surface area contributed by atoms with Crippen LogP contribution in [0.15, 0.2) is 133 Å². The number of rotatable bonds is 2. The summed E-state index contributed by atoms with van der Waals surface area (Å²) in [5.41, 5.74) is 10.5. The Balaban J connectivity index is 1.06. The molecule has 11 rings (SSSR count). The van der Waals surface area contributed by atoms with Gasteiger partial charge in [0.15, 0.2) is 0 Å². The van der Waals surface area contributed by atoms with Crippen molar-refractivity contribution in [2.45, 2.75) is 52.4 Å². The van der Waals surface area contributed by atoms with Crippen LogP contribution in [-0.4, -0.2) is 4.57 Å². The highest BCUT2D eigenvalue weighted by Crippen LogP contribution is 2.44. The molecule has 0 N–H and O–H groups in total. The molecule has 0 aliphatic heterocycles. The van der Waals surface area contributed by atoms with Crippen LogP contribution in [0.4, 0.5) is 0 Å². The lowest BCUT2D eigenvalue weighted by atomic mass is 9.82. The van der Waals surface area contributed by atoms with E-state index in [9.17, 15) is 0 Å². The summed E-state index contributed by atoms with van der Waals surface area (Å²) in [7, 11) is 2.23. The fourth-order valence-corrected chi connectivity index (χ4v) is 9.55. The van der Waals surface area contributed by atoms with E-state index in [0.29, 0.717) is 0 Å². The number of hydrogen-bond acceptors (Lipinski definition) is 0. The maximum Gasteiger partial charge on any atom is 0.0494 e. The summed E-state index contributed by atoms with van der Waals surface area (Å²) in [4.78, 5) is 0. The molecule has 0 bridgehead atoms. The molecule has 54 heavy (non-hydrogen) atoms. The Hall–Kier alpha value is -5.92. The SMILES string of the molecule is Cn1c2cc(-c3ccc4ccc5cc(C(C)(C)C)cc6ccc3c4c56)ccc2c2ccc(-c3ccc4ccc5cc(C(C)(C)C)cc6ccc3c4c56)cc21. The Morgan fingerprint density at radius 3 is 1.06 bits per heavy atom. The van der Waals surface area contributed by atoms with E-state index in [2.05, 4.69) is 187 Å². The van der Waals surface area contributed by atoms with Crippen molar-refractivity contribution < 1.29 is 0 Å². The molecule has 0 aliphatic carbocycles. The standard InChI is InChI=1S/C53H43N/c1-52(2,3)38-24-34-10-8-30-12-18-40(44-22-16-36(26-38)48(34)50(30)44)32-14-20-42-43-21-15-33(29-47(43)54(7)46(42)28-32)41-19-13-31-9-11-35-25-39(53(4,5)6)27-37-17-23-45(41)51(31)49(35)37/h8-29H,1-7H3. The van der Waals surface area contributed by atoms with Crippen LogP contribution >= 0.6 is 0 Å². The number of hydrogen-bond donors (Lipinski definition) is 0. The molecular formula is C53H43N. The van der Waals surface area contributed by atoms with Gasteiger partial charge in [-0.25, -0.2) is 0 Å². The summed E-state index contributed by atoms with van der Waals surface area (Å²) in [6.45, 7) is 13.8. The number of benzene rings is 10. The van der Waals surface area contributed by atoms with Gasteiger partial charge in [-0.15, -0.1) is 0 Å². The summed E-state index contributed by atoms with van der Waals surface area (Å²) in [5, 5.41) is 18.6. The normalized spacial score (nSPS) is 13.1. The number of aryl methyl sites for hydroxylation is 1. The van der Waals surface area contributed by atoms with E-state index in [1.807, 2.05) is 0 Å². The van der Waals surface area contributed by atoms with Gasteiger partial charge in [0.25, 0.3) is 0 Å². The van der Waals surface area contributed by atoms with Gasteiger partial charge in [0.2, 0.25) is 0 Å². The molecule has 0 saturated heterocycles. The van der Waals surface area contributed by atoms with E-state index in [1.165, 1.54) is 120 Å². The lowest BCUT2D eigenvalue weighted by molar-refractivity contribution is 0.591. The highest BCUT2D eigenvalue weighted by atomic mass is 14.9. The first-order valence-corrected chi connectivity index (χ1v) is 19.4. The lowest BCUT2D eigenvalue weighted by Gasteiger charge is -2.22. The van der Waals surface area contributed by atoms with Gasteiger partial charge < -0.3 is 4.57 Å². The molecule has 0 unspecified atom stereocenters. The maximum absolute atomic E-state index is 2.40. The third-order valence-corrected chi connectivity index (χ3v) is 12.6. The molecule has 10 aromatic carbocycles. The molecule has 0 amide bonds. The van der Waals surface area contributed by atoms with Crippen LogP contribution in [-0.2, 0) is 17.9 Å². The van der Waals surface area contributed by atoms with Gasteiger partial charge in [-0.3, -0.25) is 0 Å². The minimum atomic E-state index is 0.100. The largest absolute Gasteiger partial charge is 0.344 e. The van der Waals surface area contributed by atoms with Crippen molar-refractivity contribution in [3.8, 4) is 22.3 Å². The van der Waals surface area contributed by atoms with E-state index in [-0.39, 0.29) is 10.8 Å². The minimum absolute atomic E-state index is 0.100. The highest BCUT2D eigenvalue weighted by Gasteiger charge is 2.21. The lowest BCUT2D eigenvalue weighted by Crippen LogP contribution is -2.10. The third-order valence-electron chi connectivity index (χ3n) is 12.6. The summed E-state index contributed by atoms with van der Waals surface area (Å²) < 4.78 is 2.39. The average molecular weight is 694 g/mol. The highest BCUT2D eigenvalue weighted by molar-refractivity contribution is 6.27. The molecule has 0 atom stereocenters. The van der Waals surface area contributed by atoms with Crippen LogP contribution in [0, 0.1) is 0 Å². The fourth-order valence-electron chi connectivity index (χ4n) is 9.55. The zero-order valence-corrected chi connectivity index (χ0v) is 32.1. The molecule has 1 heteroatoms. The van der Waals surface area contributed by atoms with Crippen LogP contribution in [0.3, 0.4) is 0 Å². The maximum atomic E-state index is 2.40. The van der Waals surface area contributed by atoms with Crippen LogP contribution in [0.1, 0.15) is 52.7 Å². The number of nitrogens with zero attached hydrogens (tertiary/aromatic N) is 1. The van der Waals surface area contributed by atoms with E-state index < -0.39 is 0 Å². The van der Waals surface area contributed by atoms with E-state index >= 15 is 0 Å². The Bertz CT molecular complexity index is 3080. The molecule has 0 aliphatic rings. The summed E-state index contributed by atoms with van der Waals surface area (Å²) >= 11 is 0. The third kappa shape index (κ3) is 4.39. The molecule has 260 valence electrons. The monoisotopic (exact) mass is 693 g/mol. The zero-order chi connectivity index (χ0) is 36.8. The molecule has 1 nitrogen and oxygen atoms in total. The Labute approximate surface area is 316 Å². The second kappa shape index (κ2) is 10.6. The van der Waals surface area contributed by atoms with Crippen molar-refractivity contribution in [1.82, 2.24) is 4.57 Å². The molecule has 1 heterocycles. The van der Waals surface area contributed by atoms with Gasteiger partial charge in [-0.1, -0.05) is 163 Å². The Kier molecular flexibility index (Phi) is 6.21. The molecule has 11 aromatic rings. The Morgan fingerprint density at radius 2 is 0.667 bits per heavy atom.